The van der Waals surface area contributed by atoms with E-state index in [4.69, 9.17) is 15.0 Å². The number of hydrogen-bond acceptors (Lipinski definition) is 5. The fraction of sp³-hybridized carbons (Fsp3) is 0.375. The second kappa shape index (κ2) is 8.19. The molecule has 2 rings (SSSR count). The molecule has 0 unspecified atom stereocenters. The molecule has 2 aromatic rings. The lowest BCUT2D eigenvalue weighted by molar-refractivity contribution is 0.162. The van der Waals surface area contributed by atoms with Crippen LogP contribution in [-0.2, 0) is 11.3 Å². The van der Waals surface area contributed by atoms with Gasteiger partial charge in [0.15, 0.2) is 5.58 Å². The van der Waals surface area contributed by atoms with Crippen molar-refractivity contribution in [3.05, 3.63) is 40.5 Å². The van der Waals surface area contributed by atoms with Gasteiger partial charge in [-0.1, -0.05) is 13.3 Å². The van der Waals surface area contributed by atoms with Gasteiger partial charge in [-0.3, -0.25) is 4.79 Å². The molecule has 130 valence electrons. The summed E-state index contributed by atoms with van der Waals surface area (Å²) in [6, 6.07) is 4.75. The first-order chi connectivity index (χ1) is 11.5. The predicted octanol–water partition coefficient (Wildman–Crippen LogP) is 2.72. The van der Waals surface area contributed by atoms with E-state index in [1.807, 2.05) is 6.92 Å². The van der Waals surface area contributed by atoms with E-state index in [0.29, 0.717) is 29.6 Å². The number of carbonyl (C=O) groups is 1. The van der Waals surface area contributed by atoms with Crippen molar-refractivity contribution in [1.29, 1.82) is 0 Å². The van der Waals surface area contributed by atoms with Gasteiger partial charge in [-0.15, -0.1) is 0 Å². The highest BCUT2D eigenvalue weighted by Gasteiger charge is 2.11. The van der Waals surface area contributed by atoms with Crippen molar-refractivity contribution in [2.75, 3.05) is 13.2 Å². The molecule has 8 heteroatoms. The molecule has 1 heterocycles. The third-order valence-electron chi connectivity index (χ3n) is 3.31. The van der Waals surface area contributed by atoms with Gasteiger partial charge in [0.25, 0.3) is 5.56 Å². The molecule has 0 aliphatic carbocycles. The number of nitrogens with two attached hydrogens (primary N) is 1. The van der Waals surface area contributed by atoms with E-state index in [9.17, 15) is 14.0 Å². The molecule has 0 bridgehead atoms. The Kier molecular flexibility index (Phi) is 6.00. The average Bonchev–Trinajstić information content (AvgIpc) is 2.88. The van der Waals surface area contributed by atoms with Crippen LogP contribution >= 0.6 is 0 Å². The van der Waals surface area contributed by atoms with Gasteiger partial charge in [0.2, 0.25) is 0 Å². The van der Waals surface area contributed by atoms with Crippen LogP contribution in [0.5, 0.6) is 5.75 Å². The molecule has 1 amide bonds. The fourth-order valence-electron chi connectivity index (χ4n) is 2.03. The highest BCUT2D eigenvalue weighted by atomic mass is 19.1. The third kappa shape index (κ3) is 4.37. The molecule has 0 fully saturated rings. The molecule has 1 aromatic heterocycles. The third-order valence-corrected chi connectivity index (χ3v) is 3.31. The zero-order valence-corrected chi connectivity index (χ0v) is 13.3. The number of ether oxygens (including phenoxy) is 2. The summed E-state index contributed by atoms with van der Waals surface area (Å²) in [5.74, 6) is 0.400. The smallest absolute Gasteiger partial charge is 0.404 e. The molecule has 0 aliphatic heterocycles. The van der Waals surface area contributed by atoms with Crippen LogP contribution in [0.4, 0.5) is 9.18 Å². The van der Waals surface area contributed by atoms with Crippen LogP contribution in [0.2, 0.25) is 0 Å². The summed E-state index contributed by atoms with van der Waals surface area (Å²) in [5.41, 5.74) is 5.13. The Hall–Kier alpha value is -2.77. The monoisotopic (exact) mass is 338 g/mol. The first-order valence-corrected chi connectivity index (χ1v) is 7.52. The summed E-state index contributed by atoms with van der Waals surface area (Å²) in [5, 5.41) is 0.455. The van der Waals surface area contributed by atoms with Crippen LogP contribution in [0.1, 0.15) is 19.8 Å². The zero-order valence-electron chi connectivity index (χ0n) is 13.3. The fourth-order valence-corrected chi connectivity index (χ4v) is 2.03. The second-order valence-corrected chi connectivity index (χ2v) is 5.17. The van der Waals surface area contributed by atoms with Gasteiger partial charge in [0, 0.05) is 11.6 Å². The largest absolute Gasteiger partial charge is 0.489 e. The minimum Gasteiger partial charge on any atom is -0.489 e. The zero-order chi connectivity index (χ0) is 17.5. The summed E-state index contributed by atoms with van der Waals surface area (Å²) in [7, 11) is 0. The van der Waals surface area contributed by atoms with E-state index in [1.165, 1.54) is 4.74 Å². The van der Waals surface area contributed by atoms with Crippen LogP contribution in [0.3, 0.4) is 0 Å². The molecule has 0 saturated carbocycles. The van der Waals surface area contributed by atoms with E-state index < -0.39 is 6.09 Å². The number of amides is 1. The molecular weight excluding hydrogens is 319 g/mol. The van der Waals surface area contributed by atoms with Crippen molar-refractivity contribution < 1.29 is 23.2 Å². The molecule has 24 heavy (non-hydrogen) atoms. The topological polar surface area (TPSA) is 96.7 Å². The lowest BCUT2D eigenvalue weighted by Gasteiger charge is -2.08. The Morgan fingerprint density at radius 1 is 1.42 bits per heavy atom. The maximum Gasteiger partial charge on any atom is 0.404 e. The van der Waals surface area contributed by atoms with E-state index in [1.54, 1.807) is 18.2 Å². The number of hydrogen-bond donors (Lipinski definition) is 1. The minimum atomic E-state index is -0.994. The standard InChI is InChI=1S/C16H19FN2O5/c1-2-3-6-19-15(20)13-5-4-12(7-14(13)24-19)22-9-11(8-17)10-23-16(18)21/h4-5,7-8H,2-3,6,9-10H2,1H3,(H2,18,21). The molecule has 0 radical (unpaired) electrons. The van der Waals surface area contributed by atoms with Crippen molar-refractivity contribution in [1.82, 2.24) is 4.74 Å². The van der Waals surface area contributed by atoms with Crippen molar-refractivity contribution in [2.45, 2.75) is 26.3 Å². The van der Waals surface area contributed by atoms with Crippen LogP contribution in [0, 0.1) is 0 Å². The summed E-state index contributed by atoms with van der Waals surface area (Å²) in [4.78, 5) is 22.6. The van der Waals surface area contributed by atoms with Crippen LogP contribution in [-0.4, -0.2) is 24.0 Å². The van der Waals surface area contributed by atoms with Crippen molar-refractivity contribution in [3.63, 3.8) is 0 Å². The summed E-state index contributed by atoms with van der Waals surface area (Å²) < 4.78 is 29.4. The Morgan fingerprint density at radius 2 is 2.21 bits per heavy atom. The van der Waals surface area contributed by atoms with Crippen molar-refractivity contribution in [3.8, 4) is 5.75 Å². The Morgan fingerprint density at radius 3 is 2.88 bits per heavy atom. The number of nitrogens with zero attached hydrogens (tertiary/aromatic N) is 1. The Labute approximate surface area is 137 Å². The number of aromatic nitrogens is 1. The number of unbranched alkanes of at least 4 members (excludes halogenated alkanes) is 1. The lowest BCUT2D eigenvalue weighted by atomic mass is 10.2. The Balaban J connectivity index is 2.07. The van der Waals surface area contributed by atoms with E-state index in [-0.39, 0.29) is 24.3 Å². The summed E-state index contributed by atoms with van der Waals surface area (Å²) in [6.07, 6.45) is 1.09. The first kappa shape index (κ1) is 17.6. The van der Waals surface area contributed by atoms with Gasteiger partial charge in [-0.25, -0.2) is 9.18 Å². The molecule has 7 nitrogen and oxygen atoms in total. The molecular formula is C16H19FN2O5. The predicted molar refractivity (Wildman–Crippen MR) is 85.6 cm³/mol. The van der Waals surface area contributed by atoms with Gasteiger partial charge in [-0.2, -0.15) is 4.74 Å². The molecule has 1 aromatic carbocycles. The number of fused-ring (bicyclic) bond motifs is 1. The van der Waals surface area contributed by atoms with E-state index in [2.05, 4.69) is 4.74 Å². The number of primary amides is 1. The number of benzene rings is 1. The molecule has 0 saturated heterocycles. The van der Waals surface area contributed by atoms with Gasteiger partial charge < -0.3 is 19.7 Å². The summed E-state index contributed by atoms with van der Waals surface area (Å²) in [6.45, 7) is 2.11. The average molecular weight is 338 g/mol. The molecule has 0 spiro atoms. The second-order valence-electron chi connectivity index (χ2n) is 5.17. The summed E-state index contributed by atoms with van der Waals surface area (Å²) >= 11 is 0. The highest BCUT2D eigenvalue weighted by molar-refractivity contribution is 5.77. The Bertz CT molecular complexity index is 793. The van der Waals surface area contributed by atoms with Gasteiger partial charge in [0.1, 0.15) is 19.0 Å². The van der Waals surface area contributed by atoms with Gasteiger partial charge >= 0.3 is 6.09 Å². The minimum absolute atomic E-state index is 0.107. The van der Waals surface area contributed by atoms with E-state index >= 15 is 0 Å². The van der Waals surface area contributed by atoms with Crippen molar-refractivity contribution in [2.24, 2.45) is 5.73 Å². The van der Waals surface area contributed by atoms with Crippen LogP contribution in [0.15, 0.2) is 39.4 Å². The molecule has 0 aliphatic rings. The van der Waals surface area contributed by atoms with E-state index in [0.717, 1.165) is 12.8 Å². The first-order valence-electron chi connectivity index (χ1n) is 7.52. The highest BCUT2D eigenvalue weighted by Crippen LogP contribution is 2.20. The van der Waals surface area contributed by atoms with Crippen molar-refractivity contribution >= 4 is 17.1 Å². The van der Waals surface area contributed by atoms with Gasteiger partial charge in [-0.05, 0) is 18.6 Å². The molecule has 2 N–H and O–H groups in total. The number of rotatable bonds is 8. The maximum atomic E-state index is 12.7. The number of aryl methyl sites for hydroxylation is 1. The number of halogens is 1. The quantitative estimate of drug-likeness (QED) is 0.798. The SMILES string of the molecule is CCCCn1oc2cc(OCC(=CF)COC(N)=O)ccc2c1=O. The van der Waals surface area contributed by atoms with Crippen LogP contribution < -0.4 is 16.0 Å². The lowest BCUT2D eigenvalue weighted by Crippen LogP contribution is -2.16. The maximum absolute atomic E-state index is 12.7. The van der Waals surface area contributed by atoms with Crippen LogP contribution in [0.25, 0.3) is 11.0 Å². The number of carbonyl (C=O) groups excluding carboxylic acids is 1. The molecule has 0 atom stereocenters. The normalized spacial score (nSPS) is 11.7. The van der Waals surface area contributed by atoms with Gasteiger partial charge in [0.05, 0.1) is 18.3 Å².